The average molecular weight is 267 g/mol. The first kappa shape index (κ1) is 13.3. The molecule has 2 rings (SSSR count). The van der Waals surface area contributed by atoms with Gasteiger partial charge in [-0.25, -0.2) is 0 Å². The van der Waals surface area contributed by atoms with Crippen LogP contribution in [0.25, 0.3) is 6.08 Å². The monoisotopic (exact) mass is 266 g/mol. The van der Waals surface area contributed by atoms with Crippen LogP contribution in [-0.4, -0.2) is 19.1 Å². The van der Waals surface area contributed by atoms with Crippen LogP contribution < -0.4 is 9.47 Å². The minimum atomic E-state index is 0.252. The molecule has 2 nitrogen and oxygen atoms in total. The van der Waals surface area contributed by atoms with E-state index in [4.69, 9.17) is 21.1 Å². The third kappa shape index (κ3) is 2.64. The molecular weight excluding hydrogens is 248 g/mol. The number of hydrogen-bond donors (Lipinski definition) is 0. The number of methoxy groups -OCH3 is 1. The molecule has 1 atom stereocenters. The van der Waals surface area contributed by atoms with Crippen LogP contribution in [0, 0.1) is 0 Å². The predicted octanol–water partition coefficient (Wildman–Crippen LogP) is 4.05. The van der Waals surface area contributed by atoms with Gasteiger partial charge in [0.25, 0.3) is 0 Å². The Bertz CT molecular complexity index is 460. The standard InChI is InChI=1S/C15H19ClO2/c1-4-11(9-16)6-13-8-15-12(5-10(2)18-15)7-14(13)17-3/h6-8,10H,4-5,9H2,1-3H3/b11-6-. The molecule has 1 aliphatic heterocycles. The number of fused-ring (bicyclic) bond motifs is 1. The van der Waals surface area contributed by atoms with Crippen molar-refractivity contribution >= 4 is 17.7 Å². The van der Waals surface area contributed by atoms with Crippen LogP contribution in [0.15, 0.2) is 17.7 Å². The maximum atomic E-state index is 5.91. The van der Waals surface area contributed by atoms with Crippen LogP contribution >= 0.6 is 11.6 Å². The summed E-state index contributed by atoms with van der Waals surface area (Å²) in [5.74, 6) is 2.41. The Hall–Kier alpha value is -1.15. The molecule has 3 heteroatoms. The molecule has 0 bridgehead atoms. The Balaban J connectivity index is 2.41. The fourth-order valence-electron chi connectivity index (χ4n) is 2.20. The van der Waals surface area contributed by atoms with Crippen molar-refractivity contribution in [2.75, 3.05) is 13.0 Å². The molecule has 98 valence electrons. The summed E-state index contributed by atoms with van der Waals surface area (Å²) in [6.07, 6.45) is 4.24. The summed E-state index contributed by atoms with van der Waals surface area (Å²) in [4.78, 5) is 0. The highest BCUT2D eigenvalue weighted by Crippen LogP contribution is 2.36. The van der Waals surface area contributed by atoms with Crippen molar-refractivity contribution < 1.29 is 9.47 Å². The van der Waals surface area contributed by atoms with E-state index in [0.717, 1.165) is 29.9 Å². The Morgan fingerprint density at radius 3 is 2.94 bits per heavy atom. The minimum Gasteiger partial charge on any atom is -0.496 e. The van der Waals surface area contributed by atoms with E-state index in [1.54, 1.807) is 7.11 Å². The Morgan fingerprint density at radius 2 is 2.33 bits per heavy atom. The fourth-order valence-corrected chi connectivity index (χ4v) is 2.47. The van der Waals surface area contributed by atoms with Crippen LogP contribution in [0.3, 0.4) is 0 Å². The van der Waals surface area contributed by atoms with Crippen molar-refractivity contribution in [3.8, 4) is 11.5 Å². The molecule has 0 fully saturated rings. The molecule has 0 saturated carbocycles. The Labute approximate surface area is 114 Å². The van der Waals surface area contributed by atoms with Gasteiger partial charge in [-0.2, -0.15) is 0 Å². The van der Waals surface area contributed by atoms with E-state index in [1.807, 2.05) is 0 Å². The predicted molar refractivity (Wildman–Crippen MR) is 75.8 cm³/mol. The SMILES string of the molecule is CC/C(=C/c1cc2c(cc1OC)CC(C)O2)CCl. The average Bonchev–Trinajstić information content (AvgIpc) is 2.73. The van der Waals surface area contributed by atoms with Gasteiger partial charge in [0.1, 0.15) is 17.6 Å². The number of ether oxygens (including phenoxy) is 2. The van der Waals surface area contributed by atoms with Gasteiger partial charge in [0.2, 0.25) is 0 Å². The van der Waals surface area contributed by atoms with Crippen LogP contribution in [0.4, 0.5) is 0 Å². The summed E-state index contributed by atoms with van der Waals surface area (Å²) in [7, 11) is 1.70. The van der Waals surface area contributed by atoms with Gasteiger partial charge in [-0.3, -0.25) is 0 Å². The molecule has 18 heavy (non-hydrogen) atoms. The fraction of sp³-hybridized carbons (Fsp3) is 0.467. The van der Waals surface area contributed by atoms with E-state index < -0.39 is 0 Å². The summed E-state index contributed by atoms with van der Waals surface area (Å²) in [5, 5.41) is 0. The number of alkyl halides is 1. The zero-order valence-corrected chi connectivity index (χ0v) is 11.9. The quantitative estimate of drug-likeness (QED) is 0.766. The van der Waals surface area contributed by atoms with Crippen molar-refractivity contribution in [2.24, 2.45) is 0 Å². The van der Waals surface area contributed by atoms with E-state index in [2.05, 4.69) is 32.1 Å². The summed E-state index contributed by atoms with van der Waals surface area (Å²) < 4.78 is 11.2. The first-order valence-corrected chi connectivity index (χ1v) is 6.84. The van der Waals surface area contributed by atoms with Gasteiger partial charge in [-0.1, -0.05) is 18.6 Å². The van der Waals surface area contributed by atoms with Crippen molar-refractivity contribution in [1.29, 1.82) is 0 Å². The molecule has 0 amide bonds. The van der Waals surface area contributed by atoms with Crippen molar-refractivity contribution in [3.05, 3.63) is 28.8 Å². The van der Waals surface area contributed by atoms with Crippen LogP contribution in [0.1, 0.15) is 31.4 Å². The second-order valence-electron chi connectivity index (χ2n) is 4.62. The lowest BCUT2D eigenvalue weighted by molar-refractivity contribution is 0.254. The maximum Gasteiger partial charge on any atom is 0.126 e. The molecule has 0 spiro atoms. The highest BCUT2D eigenvalue weighted by Gasteiger charge is 2.21. The smallest absolute Gasteiger partial charge is 0.126 e. The highest BCUT2D eigenvalue weighted by molar-refractivity contribution is 6.19. The second kappa shape index (κ2) is 5.66. The Morgan fingerprint density at radius 1 is 1.56 bits per heavy atom. The van der Waals surface area contributed by atoms with Crippen molar-refractivity contribution in [3.63, 3.8) is 0 Å². The van der Waals surface area contributed by atoms with Crippen molar-refractivity contribution in [2.45, 2.75) is 32.8 Å². The highest BCUT2D eigenvalue weighted by atomic mass is 35.5. The van der Waals surface area contributed by atoms with E-state index in [1.165, 1.54) is 11.1 Å². The van der Waals surface area contributed by atoms with Crippen LogP contribution in [-0.2, 0) is 6.42 Å². The van der Waals surface area contributed by atoms with Gasteiger partial charge < -0.3 is 9.47 Å². The zero-order valence-electron chi connectivity index (χ0n) is 11.1. The second-order valence-corrected chi connectivity index (χ2v) is 4.89. The molecule has 0 aromatic heterocycles. The lowest BCUT2D eigenvalue weighted by Crippen LogP contribution is -2.05. The Kier molecular flexibility index (Phi) is 4.18. The number of hydrogen-bond acceptors (Lipinski definition) is 2. The van der Waals surface area contributed by atoms with Gasteiger partial charge in [0.05, 0.1) is 7.11 Å². The number of allylic oxidation sites excluding steroid dienone is 1. The lowest BCUT2D eigenvalue weighted by Gasteiger charge is -2.09. The van der Waals surface area contributed by atoms with Crippen LogP contribution in [0.5, 0.6) is 11.5 Å². The normalized spacial score (nSPS) is 18.4. The maximum absolute atomic E-state index is 5.91. The summed E-state index contributed by atoms with van der Waals surface area (Å²) >= 11 is 5.91. The van der Waals surface area contributed by atoms with Crippen molar-refractivity contribution in [1.82, 2.24) is 0 Å². The molecule has 1 aromatic carbocycles. The molecule has 0 aliphatic carbocycles. The van der Waals surface area contributed by atoms with Gasteiger partial charge in [0, 0.05) is 23.4 Å². The zero-order chi connectivity index (χ0) is 13.1. The summed E-state index contributed by atoms with van der Waals surface area (Å²) in [6.45, 7) is 4.19. The van der Waals surface area contributed by atoms with E-state index in [9.17, 15) is 0 Å². The third-order valence-corrected chi connectivity index (χ3v) is 3.58. The molecule has 0 saturated heterocycles. The molecule has 1 aromatic rings. The van der Waals surface area contributed by atoms with Gasteiger partial charge in [0.15, 0.2) is 0 Å². The molecular formula is C15H19ClO2. The van der Waals surface area contributed by atoms with E-state index in [0.29, 0.717) is 5.88 Å². The van der Waals surface area contributed by atoms with Gasteiger partial charge in [-0.15, -0.1) is 11.6 Å². The largest absolute Gasteiger partial charge is 0.496 e. The third-order valence-electron chi connectivity index (χ3n) is 3.23. The summed E-state index contributed by atoms with van der Waals surface area (Å²) in [5.41, 5.74) is 3.46. The van der Waals surface area contributed by atoms with Gasteiger partial charge >= 0.3 is 0 Å². The van der Waals surface area contributed by atoms with E-state index in [-0.39, 0.29) is 6.10 Å². The molecule has 1 heterocycles. The topological polar surface area (TPSA) is 18.5 Å². The molecule has 1 unspecified atom stereocenters. The summed E-state index contributed by atoms with van der Waals surface area (Å²) in [6, 6.07) is 4.13. The van der Waals surface area contributed by atoms with Gasteiger partial charge in [-0.05, 0) is 25.5 Å². The molecule has 1 aliphatic rings. The number of halogens is 1. The molecule has 0 N–H and O–H groups in total. The number of benzene rings is 1. The number of rotatable bonds is 4. The van der Waals surface area contributed by atoms with E-state index >= 15 is 0 Å². The first-order valence-electron chi connectivity index (χ1n) is 6.30. The first-order chi connectivity index (χ1) is 8.67. The lowest BCUT2D eigenvalue weighted by atomic mass is 10.0. The molecule has 0 radical (unpaired) electrons. The minimum absolute atomic E-state index is 0.252. The van der Waals surface area contributed by atoms with Crippen LogP contribution in [0.2, 0.25) is 0 Å².